The molecule has 0 saturated carbocycles. The van der Waals surface area contributed by atoms with E-state index in [-0.39, 0.29) is 16.6 Å². The summed E-state index contributed by atoms with van der Waals surface area (Å²) in [6, 6.07) is 4.48. The first-order valence-electron chi connectivity index (χ1n) is 4.95. The second-order valence-electron chi connectivity index (χ2n) is 3.50. The molecule has 3 nitrogen and oxygen atoms in total. The van der Waals surface area contributed by atoms with Gasteiger partial charge in [0.25, 0.3) is 5.91 Å². The van der Waals surface area contributed by atoms with E-state index in [0.29, 0.717) is 6.54 Å². The molecule has 0 heterocycles. The van der Waals surface area contributed by atoms with Crippen molar-refractivity contribution in [2.45, 2.75) is 13.0 Å². The van der Waals surface area contributed by atoms with Gasteiger partial charge in [-0.25, -0.2) is 4.39 Å². The molecular weight excluding hydrogens is 231 g/mol. The number of nitrogens with one attached hydrogen (secondary N) is 2. The minimum Gasteiger partial charge on any atom is -0.350 e. The average molecular weight is 245 g/mol. The van der Waals surface area contributed by atoms with Gasteiger partial charge in [0.1, 0.15) is 0 Å². The van der Waals surface area contributed by atoms with Crippen LogP contribution in [0, 0.1) is 5.82 Å². The van der Waals surface area contributed by atoms with Crippen LogP contribution in [-0.4, -0.2) is 25.5 Å². The van der Waals surface area contributed by atoms with E-state index in [1.807, 2.05) is 6.92 Å². The van der Waals surface area contributed by atoms with Crippen molar-refractivity contribution in [3.8, 4) is 0 Å². The molecule has 0 radical (unpaired) electrons. The van der Waals surface area contributed by atoms with Crippen molar-refractivity contribution in [2.75, 3.05) is 13.6 Å². The number of hydrogen-bond acceptors (Lipinski definition) is 2. The molecule has 0 aliphatic carbocycles. The lowest BCUT2D eigenvalue weighted by atomic mass is 10.2. The third kappa shape index (κ3) is 3.18. The zero-order valence-corrected chi connectivity index (χ0v) is 9.94. The second-order valence-corrected chi connectivity index (χ2v) is 3.91. The molecule has 1 amide bonds. The first-order chi connectivity index (χ1) is 7.56. The molecule has 0 aliphatic rings. The minimum atomic E-state index is -0.682. The van der Waals surface area contributed by atoms with Crippen LogP contribution in [-0.2, 0) is 0 Å². The Hall–Kier alpha value is -1.13. The van der Waals surface area contributed by atoms with Crippen molar-refractivity contribution < 1.29 is 9.18 Å². The minimum absolute atomic E-state index is 0.0317. The fourth-order valence-electron chi connectivity index (χ4n) is 1.12. The molecule has 0 aliphatic heterocycles. The van der Waals surface area contributed by atoms with Crippen LogP contribution in [0.25, 0.3) is 0 Å². The molecule has 0 bridgehead atoms. The lowest BCUT2D eigenvalue weighted by Gasteiger charge is -2.11. The van der Waals surface area contributed by atoms with Gasteiger partial charge in [-0.05, 0) is 26.1 Å². The van der Waals surface area contributed by atoms with Crippen molar-refractivity contribution in [1.82, 2.24) is 10.6 Å². The van der Waals surface area contributed by atoms with Gasteiger partial charge < -0.3 is 10.6 Å². The Morgan fingerprint density at radius 2 is 2.25 bits per heavy atom. The normalized spacial score (nSPS) is 12.2. The lowest BCUT2D eigenvalue weighted by Crippen LogP contribution is -2.37. The van der Waals surface area contributed by atoms with Crippen molar-refractivity contribution >= 4 is 17.5 Å². The number of benzene rings is 1. The Balaban J connectivity index is 2.70. The zero-order chi connectivity index (χ0) is 12.1. The van der Waals surface area contributed by atoms with Crippen LogP contribution in [0.15, 0.2) is 18.2 Å². The highest BCUT2D eigenvalue weighted by molar-refractivity contribution is 6.31. The summed E-state index contributed by atoms with van der Waals surface area (Å²) in [7, 11) is 1.79. The fraction of sp³-hybridized carbons (Fsp3) is 0.364. The van der Waals surface area contributed by atoms with Crippen molar-refractivity contribution in [3.63, 3.8) is 0 Å². The summed E-state index contributed by atoms with van der Waals surface area (Å²) in [4.78, 5) is 11.6. The van der Waals surface area contributed by atoms with Gasteiger partial charge in [0.05, 0.1) is 10.6 Å². The number of hydrogen-bond donors (Lipinski definition) is 2. The van der Waals surface area contributed by atoms with Gasteiger partial charge in [-0.1, -0.05) is 17.7 Å². The third-order valence-electron chi connectivity index (χ3n) is 2.26. The molecule has 2 N–H and O–H groups in total. The first-order valence-corrected chi connectivity index (χ1v) is 5.33. The molecule has 0 fully saturated rings. The molecule has 16 heavy (non-hydrogen) atoms. The number of rotatable bonds is 4. The maximum Gasteiger partial charge on any atom is 0.254 e. The van der Waals surface area contributed by atoms with Gasteiger partial charge in [0, 0.05) is 12.6 Å². The zero-order valence-electron chi connectivity index (χ0n) is 9.18. The molecule has 88 valence electrons. The Labute approximate surface area is 99.0 Å². The van der Waals surface area contributed by atoms with E-state index in [4.69, 9.17) is 11.6 Å². The highest BCUT2D eigenvalue weighted by Gasteiger charge is 2.13. The van der Waals surface area contributed by atoms with E-state index < -0.39 is 11.7 Å². The Kier molecular flexibility index (Phi) is 4.71. The molecular formula is C11H14ClFN2O. The van der Waals surface area contributed by atoms with E-state index in [0.717, 1.165) is 0 Å². The molecule has 0 saturated heterocycles. The van der Waals surface area contributed by atoms with Crippen LogP contribution >= 0.6 is 11.6 Å². The topological polar surface area (TPSA) is 41.1 Å². The van der Waals surface area contributed by atoms with E-state index in [2.05, 4.69) is 10.6 Å². The number of carbonyl (C=O) groups excluding carboxylic acids is 1. The molecule has 5 heteroatoms. The monoisotopic (exact) mass is 244 g/mol. The van der Waals surface area contributed by atoms with Gasteiger partial charge in [-0.3, -0.25) is 4.79 Å². The predicted octanol–water partition coefficient (Wildman–Crippen LogP) is 1.82. The van der Waals surface area contributed by atoms with Gasteiger partial charge in [-0.15, -0.1) is 0 Å². The maximum atomic E-state index is 13.5. The molecule has 1 rings (SSSR count). The van der Waals surface area contributed by atoms with Crippen LogP contribution in [0.5, 0.6) is 0 Å². The van der Waals surface area contributed by atoms with E-state index in [9.17, 15) is 9.18 Å². The highest BCUT2D eigenvalue weighted by atomic mass is 35.5. The predicted molar refractivity (Wildman–Crippen MR) is 62.3 cm³/mol. The van der Waals surface area contributed by atoms with Crippen LogP contribution < -0.4 is 10.6 Å². The van der Waals surface area contributed by atoms with Gasteiger partial charge in [0.15, 0.2) is 5.82 Å². The number of amides is 1. The van der Waals surface area contributed by atoms with Gasteiger partial charge in [-0.2, -0.15) is 0 Å². The first kappa shape index (κ1) is 12.9. The van der Waals surface area contributed by atoms with Crippen LogP contribution in [0.3, 0.4) is 0 Å². The number of carbonyl (C=O) groups is 1. The second kappa shape index (κ2) is 5.82. The molecule has 1 unspecified atom stereocenters. The van der Waals surface area contributed by atoms with E-state index >= 15 is 0 Å². The van der Waals surface area contributed by atoms with E-state index in [1.54, 1.807) is 13.1 Å². The molecule has 1 atom stereocenters. The quantitative estimate of drug-likeness (QED) is 0.848. The summed E-state index contributed by atoms with van der Waals surface area (Å²) in [6.07, 6.45) is 0. The largest absolute Gasteiger partial charge is 0.350 e. The summed E-state index contributed by atoms with van der Waals surface area (Å²) in [5, 5.41) is 5.53. The van der Waals surface area contributed by atoms with Crippen molar-refractivity contribution in [3.05, 3.63) is 34.6 Å². The summed E-state index contributed by atoms with van der Waals surface area (Å²) in [5.74, 6) is -1.14. The van der Waals surface area contributed by atoms with Crippen molar-refractivity contribution in [1.29, 1.82) is 0 Å². The summed E-state index contributed by atoms with van der Waals surface area (Å²) >= 11 is 5.58. The Morgan fingerprint density at radius 1 is 1.56 bits per heavy atom. The molecule has 0 spiro atoms. The van der Waals surface area contributed by atoms with Crippen molar-refractivity contribution in [2.24, 2.45) is 0 Å². The number of halogens is 2. The average Bonchev–Trinajstić information content (AvgIpc) is 2.29. The SMILES string of the molecule is CNC(C)CNC(=O)c1cccc(Cl)c1F. The maximum absolute atomic E-state index is 13.5. The molecule has 1 aromatic carbocycles. The third-order valence-corrected chi connectivity index (χ3v) is 2.55. The van der Waals surface area contributed by atoms with Gasteiger partial charge in [0.2, 0.25) is 0 Å². The smallest absolute Gasteiger partial charge is 0.254 e. The fourth-order valence-corrected chi connectivity index (χ4v) is 1.30. The van der Waals surface area contributed by atoms with Crippen LogP contribution in [0.1, 0.15) is 17.3 Å². The van der Waals surface area contributed by atoms with Crippen LogP contribution in [0.2, 0.25) is 5.02 Å². The summed E-state index contributed by atoms with van der Waals surface area (Å²) in [6.45, 7) is 2.34. The molecule has 1 aromatic rings. The number of likely N-dealkylation sites (N-methyl/N-ethyl adjacent to an activating group) is 1. The molecule has 0 aromatic heterocycles. The highest BCUT2D eigenvalue weighted by Crippen LogP contribution is 2.17. The Bertz CT molecular complexity index is 384. The van der Waals surface area contributed by atoms with Crippen LogP contribution in [0.4, 0.5) is 4.39 Å². The summed E-state index contributed by atoms with van der Waals surface area (Å²) < 4.78 is 13.5. The standard InChI is InChI=1S/C11H14ClFN2O/c1-7(14-2)6-15-11(16)8-4-3-5-9(12)10(8)13/h3-5,7,14H,6H2,1-2H3,(H,15,16). The lowest BCUT2D eigenvalue weighted by molar-refractivity contribution is 0.0946. The van der Waals surface area contributed by atoms with E-state index in [1.165, 1.54) is 12.1 Å². The van der Waals surface area contributed by atoms with Gasteiger partial charge >= 0.3 is 0 Å². The Morgan fingerprint density at radius 3 is 2.88 bits per heavy atom. The summed E-state index contributed by atoms with van der Waals surface area (Å²) in [5.41, 5.74) is -0.0317.